The lowest BCUT2D eigenvalue weighted by Gasteiger charge is -2.14. The van der Waals surface area contributed by atoms with E-state index < -0.39 is 11.9 Å². The minimum atomic E-state index is -0.948. The first-order valence-electron chi connectivity index (χ1n) is 26.7. The Balaban J connectivity index is -0.000000880. The first-order valence-corrected chi connectivity index (χ1v) is 26.7. The normalized spacial score (nSPS) is 12.0. The minimum Gasteiger partial charge on any atom is -0.481 e. The van der Waals surface area contributed by atoms with Crippen LogP contribution in [-0.2, 0) is 9.59 Å². The molecule has 0 amide bonds. The molecule has 0 spiro atoms. The zero-order chi connectivity index (χ0) is 44.1. The Morgan fingerprint density at radius 1 is 0.305 bits per heavy atom. The van der Waals surface area contributed by atoms with Crippen LogP contribution in [0.2, 0.25) is 0 Å². The van der Waals surface area contributed by atoms with Crippen LogP contribution in [0.5, 0.6) is 0 Å². The van der Waals surface area contributed by atoms with E-state index in [4.69, 9.17) is 21.7 Å². The van der Waals surface area contributed by atoms with Crippen LogP contribution in [0, 0.1) is 11.8 Å². The SMILES string of the molecule is CCCCCCCCCCCCCCCCC(CN)CCCCCC.CCCCCCCCCCCCCCCCC(CN)CCCCCC.O=C(O)CCCC(=O)O. The third-order valence-electron chi connectivity index (χ3n) is 12.3. The van der Waals surface area contributed by atoms with Crippen molar-refractivity contribution >= 4 is 11.9 Å². The van der Waals surface area contributed by atoms with Gasteiger partial charge in [-0.1, -0.05) is 259 Å². The number of unbranched alkanes of at least 4 members (excludes halogenated alkanes) is 32. The van der Waals surface area contributed by atoms with Crippen molar-refractivity contribution < 1.29 is 19.8 Å². The van der Waals surface area contributed by atoms with Gasteiger partial charge in [-0.05, 0) is 57.0 Å². The van der Waals surface area contributed by atoms with Crippen LogP contribution in [-0.4, -0.2) is 35.2 Å². The fourth-order valence-corrected chi connectivity index (χ4v) is 8.13. The molecule has 0 rings (SSSR count). The highest BCUT2D eigenvalue weighted by atomic mass is 16.4. The van der Waals surface area contributed by atoms with E-state index in [2.05, 4.69) is 27.7 Å². The third kappa shape index (κ3) is 61.2. The van der Waals surface area contributed by atoms with Crippen molar-refractivity contribution in [1.82, 2.24) is 0 Å². The maximum atomic E-state index is 9.79. The van der Waals surface area contributed by atoms with Crippen molar-refractivity contribution in [2.75, 3.05) is 13.1 Å². The summed E-state index contributed by atoms with van der Waals surface area (Å²) >= 11 is 0. The first-order chi connectivity index (χ1) is 28.8. The summed E-state index contributed by atoms with van der Waals surface area (Å²) in [5.74, 6) is -0.295. The van der Waals surface area contributed by atoms with Gasteiger partial charge in [0, 0.05) is 12.8 Å². The molecule has 0 aliphatic rings. The molecule has 2 atom stereocenters. The summed E-state index contributed by atoms with van der Waals surface area (Å²) in [6.07, 6.45) is 57.3. The molecule has 2 unspecified atom stereocenters. The second kappa shape index (κ2) is 56.9. The zero-order valence-electron chi connectivity index (χ0n) is 40.8. The monoisotopic (exact) mass is 839 g/mol. The zero-order valence-corrected chi connectivity index (χ0v) is 40.8. The molecular weight excluding hydrogens is 729 g/mol. The molecule has 0 bridgehead atoms. The number of nitrogens with two attached hydrogens (primary N) is 2. The molecule has 0 aliphatic carbocycles. The number of aliphatic carboxylic acids is 2. The third-order valence-corrected chi connectivity index (χ3v) is 12.3. The molecular formula is C53H110N2O4. The average Bonchev–Trinajstić information content (AvgIpc) is 3.22. The fraction of sp³-hybridized carbons (Fsp3) is 0.962. The van der Waals surface area contributed by atoms with Gasteiger partial charge in [-0.15, -0.1) is 0 Å². The van der Waals surface area contributed by atoms with Gasteiger partial charge in [0.05, 0.1) is 0 Å². The minimum absolute atomic E-state index is 0.0632. The van der Waals surface area contributed by atoms with Crippen molar-refractivity contribution in [3.63, 3.8) is 0 Å². The second-order valence-electron chi connectivity index (χ2n) is 18.3. The summed E-state index contributed by atoms with van der Waals surface area (Å²) in [5, 5.41) is 16.1. The maximum Gasteiger partial charge on any atom is 0.303 e. The summed E-state index contributed by atoms with van der Waals surface area (Å²) in [4.78, 5) is 19.6. The first kappa shape index (κ1) is 62.2. The van der Waals surface area contributed by atoms with Crippen molar-refractivity contribution in [3.05, 3.63) is 0 Å². The smallest absolute Gasteiger partial charge is 0.303 e. The van der Waals surface area contributed by atoms with E-state index in [-0.39, 0.29) is 19.3 Å². The number of carbonyl (C=O) groups is 2. The van der Waals surface area contributed by atoms with E-state index in [0.717, 1.165) is 24.9 Å². The molecule has 0 saturated heterocycles. The topological polar surface area (TPSA) is 127 Å². The van der Waals surface area contributed by atoms with E-state index in [1.165, 1.54) is 257 Å². The number of carboxylic acid groups (broad SMARTS) is 2. The van der Waals surface area contributed by atoms with E-state index in [0.29, 0.717) is 0 Å². The molecule has 6 nitrogen and oxygen atoms in total. The summed E-state index contributed by atoms with van der Waals surface area (Å²) < 4.78 is 0. The maximum absolute atomic E-state index is 9.79. The van der Waals surface area contributed by atoms with Gasteiger partial charge in [0.2, 0.25) is 0 Å². The summed E-state index contributed by atoms with van der Waals surface area (Å²) in [6.45, 7) is 11.0. The molecule has 0 aromatic carbocycles. The van der Waals surface area contributed by atoms with E-state index >= 15 is 0 Å². The highest BCUT2D eigenvalue weighted by molar-refractivity contribution is 5.69. The van der Waals surface area contributed by atoms with Crippen molar-refractivity contribution in [2.24, 2.45) is 23.3 Å². The molecule has 0 fully saturated rings. The second-order valence-corrected chi connectivity index (χ2v) is 18.3. The van der Waals surface area contributed by atoms with E-state index in [1.807, 2.05) is 0 Å². The van der Waals surface area contributed by atoms with Crippen LogP contribution >= 0.6 is 0 Å². The molecule has 0 heterocycles. The Morgan fingerprint density at radius 3 is 0.644 bits per heavy atom. The predicted octanol–water partition coefficient (Wildman–Crippen LogP) is 17.1. The summed E-state index contributed by atoms with van der Waals surface area (Å²) in [7, 11) is 0. The molecule has 6 heteroatoms. The predicted molar refractivity (Wildman–Crippen MR) is 262 cm³/mol. The average molecular weight is 839 g/mol. The quantitative estimate of drug-likeness (QED) is 0.0452. The number of carboxylic acids is 2. The van der Waals surface area contributed by atoms with Gasteiger partial charge in [0.15, 0.2) is 0 Å². The van der Waals surface area contributed by atoms with Crippen LogP contribution < -0.4 is 11.5 Å². The Kier molecular flexibility index (Phi) is 59.9. The molecule has 356 valence electrons. The molecule has 0 radical (unpaired) electrons. The highest BCUT2D eigenvalue weighted by Gasteiger charge is 2.07. The highest BCUT2D eigenvalue weighted by Crippen LogP contribution is 2.20. The van der Waals surface area contributed by atoms with Crippen LogP contribution in [0.25, 0.3) is 0 Å². The molecule has 0 aromatic rings. The summed E-state index contributed by atoms with van der Waals surface area (Å²) in [5.41, 5.74) is 11.9. The molecule has 0 saturated carbocycles. The standard InChI is InChI=1S/2C24H51N.C5H8O4/c2*1-3-5-7-9-10-11-12-13-14-15-16-17-18-20-22-24(23-25)21-19-8-6-4-2;6-4(7)2-1-3-5(8)9/h2*24H,3-23,25H2,1-2H3;1-3H2,(H,6,7)(H,8,9). The Labute approximate surface area is 370 Å². The van der Waals surface area contributed by atoms with E-state index in [1.54, 1.807) is 0 Å². The van der Waals surface area contributed by atoms with Gasteiger partial charge in [-0.25, -0.2) is 0 Å². The van der Waals surface area contributed by atoms with Gasteiger partial charge < -0.3 is 21.7 Å². The van der Waals surface area contributed by atoms with Crippen LogP contribution in [0.3, 0.4) is 0 Å². The summed E-state index contributed by atoms with van der Waals surface area (Å²) in [6, 6.07) is 0. The Bertz CT molecular complexity index is 717. The fourth-order valence-electron chi connectivity index (χ4n) is 8.13. The van der Waals surface area contributed by atoms with Gasteiger partial charge >= 0.3 is 11.9 Å². The molecule has 0 aliphatic heterocycles. The van der Waals surface area contributed by atoms with Gasteiger partial charge in [-0.3, -0.25) is 9.59 Å². The lowest BCUT2D eigenvalue weighted by Crippen LogP contribution is -2.14. The van der Waals surface area contributed by atoms with Crippen LogP contribution in [0.1, 0.15) is 304 Å². The van der Waals surface area contributed by atoms with E-state index in [9.17, 15) is 9.59 Å². The number of hydrogen-bond acceptors (Lipinski definition) is 4. The molecule has 6 N–H and O–H groups in total. The molecule has 0 aromatic heterocycles. The van der Waals surface area contributed by atoms with Gasteiger partial charge in [0.25, 0.3) is 0 Å². The van der Waals surface area contributed by atoms with Crippen molar-refractivity contribution in [3.8, 4) is 0 Å². The van der Waals surface area contributed by atoms with Gasteiger partial charge in [-0.2, -0.15) is 0 Å². The lowest BCUT2D eigenvalue weighted by molar-refractivity contribution is -0.138. The van der Waals surface area contributed by atoms with Gasteiger partial charge in [0.1, 0.15) is 0 Å². The van der Waals surface area contributed by atoms with Crippen molar-refractivity contribution in [1.29, 1.82) is 0 Å². The number of rotatable bonds is 46. The number of hydrogen-bond donors (Lipinski definition) is 4. The largest absolute Gasteiger partial charge is 0.481 e. The Morgan fingerprint density at radius 2 is 0.475 bits per heavy atom. The van der Waals surface area contributed by atoms with Crippen LogP contribution in [0.4, 0.5) is 0 Å². The van der Waals surface area contributed by atoms with Crippen LogP contribution in [0.15, 0.2) is 0 Å². The lowest BCUT2D eigenvalue weighted by atomic mass is 9.94. The van der Waals surface area contributed by atoms with Crippen molar-refractivity contribution in [2.45, 2.75) is 304 Å². The Hall–Kier alpha value is -1.14. The molecule has 59 heavy (non-hydrogen) atoms.